The lowest BCUT2D eigenvalue weighted by Crippen LogP contribution is -2.53. The molecule has 0 bridgehead atoms. The van der Waals surface area contributed by atoms with Crippen LogP contribution < -0.4 is 19.8 Å². The summed E-state index contributed by atoms with van der Waals surface area (Å²) >= 11 is 0. The molecular weight excluding hydrogens is 350 g/mol. The van der Waals surface area contributed by atoms with Gasteiger partial charge >= 0.3 is 0 Å². The molecular formula is C19H27N3O5. The number of fused-ring (bicyclic) bond motifs is 1. The Hall–Kier alpha value is -2.32. The van der Waals surface area contributed by atoms with E-state index in [2.05, 4.69) is 23.7 Å². The van der Waals surface area contributed by atoms with Crippen LogP contribution in [-0.4, -0.2) is 67.6 Å². The molecule has 27 heavy (non-hydrogen) atoms. The van der Waals surface area contributed by atoms with Crippen LogP contribution in [0.4, 0.5) is 0 Å². The summed E-state index contributed by atoms with van der Waals surface area (Å²) in [5.41, 5.74) is 0.116. The van der Waals surface area contributed by atoms with Crippen molar-refractivity contribution < 1.29 is 18.9 Å². The Balaban J connectivity index is 2.05. The third kappa shape index (κ3) is 3.59. The topological polar surface area (TPSA) is 75.1 Å². The average Bonchev–Trinajstić information content (AvgIpc) is 2.69. The molecule has 2 aromatic rings. The fourth-order valence-corrected chi connectivity index (χ4v) is 3.56. The molecule has 0 amide bonds. The van der Waals surface area contributed by atoms with Gasteiger partial charge in [0.1, 0.15) is 5.52 Å². The number of methoxy groups -OCH3 is 3. The summed E-state index contributed by atoms with van der Waals surface area (Å²) in [7, 11) is 4.57. The van der Waals surface area contributed by atoms with Crippen molar-refractivity contribution in [2.45, 2.75) is 25.9 Å². The van der Waals surface area contributed by atoms with Gasteiger partial charge in [0, 0.05) is 25.2 Å². The molecule has 0 radical (unpaired) electrons. The van der Waals surface area contributed by atoms with Crippen LogP contribution in [0.25, 0.3) is 10.9 Å². The highest BCUT2D eigenvalue weighted by molar-refractivity contribution is 5.89. The smallest absolute Gasteiger partial charge is 0.261 e. The van der Waals surface area contributed by atoms with Gasteiger partial charge in [0.15, 0.2) is 11.5 Å². The third-order valence-electron chi connectivity index (χ3n) is 5.05. The summed E-state index contributed by atoms with van der Waals surface area (Å²) in [4.78, 5) is 20.0. The Morgan fingerprint density at radius 2 is 1.78 bits per heavy atom. The first-order chi connectivity index (χ1) is 12.9. The zero-order valence-corrected chi connectivity index (χ0v) is 16.6. The molecule has 1 aromatic heterocycles. The van der Waals surface area contributed by atoms with Crippen molar-refractivity contribution in [3.63, 3.8) is 0 Å². The highest BCUT2D eigenvalue weighted by atomic mass is 16.5. The molecule has 1 aliphatic rings. The molecule has 1 fully saturated rings. The summed E-state index contributed by atoms with van der Waals surface area (Å²) < 4.78 is 23.3. The maximum absolute atomic E-state index is 13.2. The molecule has 2 heterocycles. The van der Waals surface area contributed by atoms with Crippen LogP contribution in [-0.2, 0) is 11.3 Å². The molecule has 0 saturated carbocycles. The van der Waals surface area contributed by atoms with Gasteiger partial charge in [-0.3, -0.25) is 14.3 Å². The number of hydrogen-bond donors (Lipinski definition) is 0. The molecule has 8 heteroatoms. The first-order valence-corrected chi connectivity index (χ1v) is 8.94. The van der Waals surface area contributed by atoms with Crippen molar-refractivity contribution in [2.75, 3.05) is 47.6 Å². The van der Waals surface area contributed by atoms with Crippen molar-refractivity contribution in [1.82, 2.24) is 14.5 Å². The van der Waals surface area contributed by atoms with E-state index in [0.29, 0.717) is 47.9 Å². The molecule has 0 unspecified atom stereocenters. The van der Waals surface area contributed by atoms with E-state index in [9.17, 15) is 4.79 Å². The number of ether oxygens (including phenoxy) is 4. The molecule has 0 N–H and O–H groups in total. The highest BCUT2D eigenvalue weighted by Crippen LogP contribution is 2.41. The van der Waals surface area contributed by atoms with Crippen molar-refractivity contribution in [3.05, 3.63) is 22.7 Å². The zero-order chi connectivity index (χ0) is 19.6. The lowest BCUT2D eigenvalue weighted by molar-refractivity contribution is -0.0159. The van der Waals surface area contributed by atoms with Gasteiger partial charge in [-0.2, -0.15) is 0 Å². The minimum absolute atomic E-state index is 0.138. The number of nitrogens with zero attached hydrogens (tertiary/aromatic N) is 3. The van der Waals surface area contributed by atoms with Crippen LogP contribution in [0.3, 0.4) is 0 Å². The number of rotatable bonds is 6. The monoisotopic (exact) mass is 377 g/mol. The van der Waals surface area contributed by atoms with E-state index in [0.717, 1.165) is 13.1 Å². The van der Waals surface area contributed by atoms with E-state index in [1.807, 2.05) is 0 Å². The Bertz CT molecular complexity index is 872. The summed E-state index contributed by atoms with van der Waals surface area (Å²) in [6, 6.07) is 1.66. The normalized spacial score (nSPS) is 15.7. The summed E-state index contributed by atoms with van der Waals surface area (Å²) in [5, 5.41) is 0.435. The van der Waals surface area contributed by atoms with E-state index in [-0.39, 0.29) is 11.1 Å². The molecule has 0 spiro atoms. The first-order valence-electron chi connectivity index (χ1n) is 8.94. The van der Waals surface area contributed by atoms with E-state index >= 15 is 0 Å². The van der Waals surface area contributed by atoms with E-state index in [1.54, 1.807) is 17.0 Å². The average molecular weight is 377 g/mol. The van der Waals surface area contributed by atoms with E-state index in [4.69, 9.17) is 18.9 Å². The van der Waals surface area contributed by atoms with Crippen molar-refractivity contribution >= 4 is 10.9 Å². The number of morpholine rings is 1. The van der Waals surface area contributed by atoms with E-state index < -0.39 is 0 Å². The lowest BCUT2D eigenvalue weighted by Gasteiger charge is -2.41. The Morgan fingerprint density at radius 1 is 1.11 bits per heavy atom. The number of hydrogen-bond acceptors (Lipinski definition) is 7. The lowest BCUT2D eigenvalue weighted by atomic mass is 10.0. The fraction of sp³-hybridized carbons (Fsp3) is 0.579. The quantitative estimate of drug-likeness (QED) is 0.756. The second kappa shape index (κ2) is 7.74. The third-order valence-corrected chi connectivity index (χ3v) is 5.05. The van der Waals surface area contributed by atoms with Crippen LogP contribution in [0.1, 0.15) is 13.8 Å². The molecule has 1 saturated heterocycles. The Kier molecular flexibility index (Phi) is 5.57. The second-order valence-corrected chi connectivity index (χ2v) is 7.13. The summed E-state index contributed by atoms with van der Waals surface area (Å²) in [5.74, 6) is 1.25. The first kappa shape index (κ1) is 19.4. The van der Waals surface area contributed by atoms with Gasteiger partial charge in [-0.25, -0.2) is 4.98 Å². The molecule has 3 rings (SSSR count). The highest BCUT2D eigenvalue weighted by Gasteiger charge is 2.29. The summed E-state index contributed by atoms with van der Waals surface area (Å²) in [6.07, 6.45) is 1.57. The zero-order valence-electron chi connectivity index (χ0n) is 16.6. The maximum atomic E-state index is 13.2. The van der Waals surface area contributed by atoms with E-state index in [1.165, 1.54) is 21.3 Å². The minimum Gasteiger partial charge on any atom is -0.493 e. The molecule has 1 aromatic carbocycles. The second-order valence-electron chi connectivity index (χ2n) is 7.13. The van der Waals surface area contributed by atoms with Gasteiger partial charge in [0.2, 0.25) is 5.75 Å². The summed E-state index contributed by atoms with van der Waals surface area (Å²) in [6.45, 7) is 7.90. The number of benzene rings is 1. The molecule has 0 aliphatic carbocycles. The van der Waals surface area contributed by atoms with Gasteiger partial charge in [0.25, 0.3) is 5.56 Å². The maximum Gasteiger partial charge on any atom is 0.261 e. The molecule has 0 atom stereocenters. The van der Waals surface area contributed by atoms with Crippen LogP contribution in [0.15, 0.2) is 17.2 Å². The van der Waals surface area contributed by atoms with Gasteiger partial charge in [-0.1, -0.05) is 0 Å². The Labute approximate surface area is 158 Å². The standard InChI is InChI=1S/C19H27N3O5/c1-19(2,22-6-8-27-9-7-22)11-21-12-20-15-13(18(21)23)10-14(24-3)16(25-4)17(15)26-5/h10,12H,6-9,11H2,1-5H3. The fourth-order valence-electron chi connectivity index (χ4n) is 3.56. The van der Waals surface area contributed by atoms with Gasteiger partial charge < -0.3 is 18.9 Å². The Morgan fingerprint density at radius 3 is 2.37 bits per heavy atom. The van der Waals surface area contributed by atoms with Crippen LogP contribution in [0, 0.1) is 0 Å². The van der Waals surface area contributed by atoms with Crippen molar-refractivity contribution in [2.24, 2.45) is 0 Å². The SMILES string of the molecule is COc1cc2c(=O)n(CC(C)(C)N3CCOCC3)cnc2c(OC)c1OC. The molecule has 8 nitrogen and oxygen atoms in total. The molecule has 148 valence electrons. The minimum atomic E-state index is -0.205. The van der Waals surface area contributed by atoms with Crippen molar-refractivity contribution in [1.29, 1.82) is 0 Å². The van der Waals surface area contributed by atoms with Crippen LogP contribution in [0.5, 0.6) is 17.2 Å². The van der Waals surface area contributed by atoms with Crippen LogP contribution >= 0.6 is 0 Å². The molecule has 1 aliphatic heterocycles. The van der Waals surface area contributed by atoms with Gasteiger partial charge in [-0.15, -0.1) is 0 Å². The van der Waals surface area contributed by atoms with Gasteiger partial charge in [-0.05, 0) is 19.9 Å². The predicted molar refractivity (Wildman–Crippen MR) is 102 cm³/mol. The van der Waals surface area contributed by atoms with Crippen molar-refractivity contribution in [3.8, 4) is 17.2 Å². The number of aromatic nitrogens is 2. The largest absolute Gasteiger partial charge is 0.493 e. The van der Waals surface area contributed by atoms with Crippen LogP contribution in [0.2, 0.25) is 0 Å². The predicted octanol–water partition coefficient (Wildman–Crippen LogP) is 1.53. The van der Waals surface area contributed by atoms with Gasteiger partial charge in [0.05, 0.1) is 46.3 Å².